The molecule has 0 spiro atoms. The minimum absolute atomic E-state index is 0.162. The third kappa shape index (κ3) is 1.42. The van der Waals surface area contributed by atoms with Crippen LogP contribution in [0.4, 0.5) is 5.82 Å². The lowest BCUT2D eigenvalue weighted by Crippen LogP contribution is -2.49. The minimum Gasteiger partial charge on any atom is -0.383 e. The maximum Gasteiger partial charge on any atom is 0.139 e. The highest BCUT2D eigenvalue weighted by Crippen LogP contribution is 2.61. The molecule has 1 aromatic heterocycles. The van der Waals surface area contributed by atoms with Gasteiger partial charge in [0.15, 0.2) is 0 Å². The van der Waals surface area contributed by atoms with Gasteiger partial charge < -0.3 is 5.73 Å². The first-order valence-corrected chi connectivity index (χ1v) is 7.34. The van der Waals surface area contributed by atoms with E-state index in [0.717, 1.165) is 23.4 Å². The smallest absolute Gasteiger partial charge is 0.139 e. The van der Waals surface area contributed by atoms with E-state index in [1.165, 1.54) is 38.5 Å². The Kier molecular flexibility index (Phi) is 2.11. The van der Waals surface area contributed by atoms with Gasteiger partial charge in [-0.05, 0) is 56.3 Å². The summed E-state index contributed by atoms with van der Waals surface area (Å²) >= 11 is 0. The molecule has 4 aliphatic rings. The number of aromatic nitrogens is 2. The van der Waals surface area contributed by atoms with Crippen molar-refractivity contribution in [1.82, 2.24) is 9.78 Å². The van der Waals surface area contributed by atoms with Crippen LogP contribution in [0.5, 0.6) is 0 Å². The fourth-order valence-corrected chi connectivity index (χ4v) is 5.42. The molecule has 0 unspecified atom stereocenters. The summed E-state index contributed by atoms with van der Waals surface area (Å²) in [5.41, 5.74) is 7.82. The van der Waals surface area contributed by atoms with E-state index < -0.39 is 0 Å². The second-order valence-corrected chi connectivity index (χ2v) is 7.04. The molecule has 4 saturated carbocycles. The molecule has 0 saturated heterocycles. The summed E-state index contributed by atoms with van der Waals surface area (Å²) in [6, 6.07) is 2.30. The molecule has 4 aliphatic carbocycles. The molecular weight excluding hydrogens is 236 g/mol. The number of nitrogen functional groups attached to an aromatic ring is 1. The van der Waals surface area contributed by atoms with Crippen molar-refractivity contribution in [3.8, 4) is 6.07 Å². The standard InChI is InChI=1S/C15H20N4/c1-19-14(17)12(8-16)13(18-19)15-5-9-2-10(6-15)4-11(3-9)7-15/h9-11H,2-7,17H2,1H3. The van der Waals surface area contributed by atoms with Crippen LogP contribution in [0.2, 0.25) is 0 Å². The highest BCUT2D eigenvalue weighted by atomic mass is 15.3. The van der Waals surface area contributed by atoms with Gasteiger partial charge >= 0.3 is 0 Å². The van der Waals surface area contributed by atoms with E-state index in [0.29, 0.717) is 11.4 Å². The van der Waals surface area contributed by atoms with Gasteiger partial charge in [-0.25, -0.2) is 0 Å². The molecule has 1 heterocycles. The molecule has 4 bridgehead atoms. The lowest BCUT2D eigenvalue weighted by Gasteiger charge is -2.56. The van der Waals surface area contributed by atoms with Crippen molar-refractivity contribution in [2.45, 2.75) is 43.9 Å². The Morgan fingerprint density at radius 2 is 1.74 bits per heavy atom. The van der Waals surface area contributed by atoms with Crippen molar-refractivity contribution in [1.29, 1.82) is 5.26 Å². The maximum atomic E-state index is 9.43. The first kappa shape index (κ1) is 11.3. The number of anilines is 1. The van der Waals surface area contributed by atoms with E-state index in [2.05, 4.69) is 11.2 Å². The van der Waals surface area contributed by atoms with Gasteiger partial charge in [0.2, 0.25) is 0 Å². The number of rotatable bonds is 1. The van der Waals surface area contributed by atoms with Crippen LogP contribution in [0.3, 0.4) is 0 Å². The fourth-order valence-electron chi connectivity index (χ4n) is 5.42. The highest BCUT2D eigenvalue weighted by molar-refractivity contribution is 5.54. The molecule has 0 aliphatic heterocycles. The topological polar surface area (TPSA) is 67.6 Å². The number of aryl methyl sites for hydroxylation is 1. The second kappa shape index (κ2) is 3.53. The van der Waals surface area contributed by atoms with Crippen molar-refractivity contribution in [3.05, 3.63) is 11.3 Å². The molecule has 2 N–H and O–H groups in total. The number of nitrogens with zero attached hydrogens (tertiary/aromatic N) is 3. The first-order chi connectivity index (χ1) is 9.11. The van der Waals surface area contributed by atoms with Gasteiger partial charge in [0.05, 0.1) is 5.69 Å². The summed E-state index contributed by atoms with van der Waals surface area (Å²) in [4.78, 5) is 0. The average Bonchev–Trinajstić information content (AvgIpc) is 2.64. The zero-order valence-corrected chi connectivity index (χ0v) is 11.4. The van der Waals surface area contributed by atoms with E-state index in [9.17, 15) is 5.26 Å². The quantitative estimate of drug-likeness (QED) is 0.838. The largest absolute Gasteiger partial charge is 0.383 e. The second-order valence-electron chi connectivity index (χ2n) is 7.04. The summed E-state index contributed by atoms with van der Waals surface area (Å²) in [7, 11) is 1.85. The van der Waals surface area contributed by atoms with Crippen LogP contribution in [0.25, 0.3) is 0 Å². The number of hydrogen-bond donors (Lipinski definition) is 1. The highest BCUT2D eigenvalue weighted by Gasteiger charge is 2.53. The summed E-state index contributed by atoms with van der Waals surface area (Å²) < 4.78 is 1.69. The Morgan fingerprint density at radius 3 is 2.21 bits per heavy atom. The third-order valence-corrected chi connectivity index (χ3v) is 5.74. The van der Waals surface area contributed by atoms with E-state index >= 15 is 0 Å². The number of nitrogens with two attached hydrogens (primary N) is 1. The van der Waals surface area contributed by atoms with Crippen LogP contribution in [-0.4, -0.2) is 9.78 Å². The maximum absolute atomic E-state index is 9.43. The lowest BCUT2D eigenvalue weighted by atomic mass is 9.48. The Morgan fingerprint density at radius 1 is 1.21 bits per heavy atom. The number of hydrogen-bond acceptors (Lipinski definition) is 3. The van der Waals surface area contributed by atoms with Gasteiger partial charge in [0.25, 0.3) is 0 Å². The van der Waals surface area contributed by atoms with E-state index in [-0.39, 0.29) is 5.41 Å². The Hall–Kier alpha value is -1.50. The molecule has 4 nitrogen and oxygen atoms in total. The molecule has 0 radical (unpaired) electrons. The fraction of sp³-hybridized carbons (Fsp3) is 0.733. The average molecular weight is 256 g/mol. The number of nitriles is 1. The summed E-state index contributed by atoms with van der Waals surface area (Å²) in [6.07, 6.45) is 7.90. The molecule has 0 atom stereocenters. The summed E-state index contributed by atoms with van der Waals surface area (Å²) in [5, 5.41) is 14.1. The Bertz CT molecular complexity index is 542. The van der Waals surface area contributed by atoms with Crippen LogP contribution in [0.1, 0.15) is 49.8 Å². The molecule has 0 aromatic carbocycles. The van der Waals surface area contributed by atoms with E-state index in [1.807, 2.05) is 7.05 Å². The molecule has 1 aromatic rings. The van der Waals surface area contributed by atoms with Crippen LogP contribution < -0.4 is 5.73 Å². The van der Waals surface area contributed by atoms with Gasteiger partial charge in [-0.3, -0.25) is 4.68 Å². The van der Waals surface area contributed by atoms with Crippen molar-refractivity contribution >= 4 is 5.82 Å². The van der Waals surface area contributed by atoms with Crippen molar-refractivity contribution in [2.24, 2.45) is 24.8 Å². The molecule has 0 amide bonds. The third-order valence-electron chi connectivity index (χ3n) is 5.74. The molecule has 5 rings (SSSR count). The van der Waals surface area contributed by atoms with Crippen LogP contribution in [0.15, 0.2) is 0 Å². The zero-order chi connectivity index (χ0) is 13.2. The van der Waals surface area contributed by atoms with Crippen molar-refractivity contribution < 1.29 is 0 Å². The molecular formula is C15H20N4. The van der Waals surface area contributed by atoms with Gasteiger partial charge in [-0.1, -0.05) is 0 Å². The van der Waals surface area contributed by atoms with Crippen molar-refractivity contribution in [3.63, 3.8) is 0 Å². The predicted octanol–water partition coefficient (Wildman–Crippen LogP) is 2.34. The van der Waals surface area contributed by atoms with Crippen LogP contribution in [-0.2, 0) is 12.5 Å². The minimum atomic E-state index is 0.162. The Labute approximate surface area is 113 Å². The summed E-state index contributed by atoms with van der Waals surface area (Å²) in [5.74, 6) is 3.12. The van der Waals surface area contributed by atoms with Gasteiger partial charge in [-0.2, -0.15) is 10.4 Å². The molecule has 19 heavy (non-hydrogen) atoms. The normalized spacial score (nSPS) is 39.5. The molecule has 100 valence electrons. The monoisotopic (exact) mass is 256 g/mol. The Balaban J connectivity index is 1.84. The van der Waals surface area contributed by atoms with E-state index in [4.69, 9.17) is 5.73 Å². The summed E-state index contributed by atoms with van der Waals surface area (Å²) in [6.45, 7) is 0. The van der Waals surface area contributed by atoms with Crippen molar-refractivity contribution in [2.75, 3.05) is 5.73 Å². The predicted molar refractivity (Wildman–Crippen MR) is 72.2 cm³/mol. The van der Waals surface area contributed by atoms with Gasteiger partial charge in [0, 0.05) is 12.5 Å². The lowest BCUT2D eigenvalue weighted by molar-refractivity contribution is -0.00754. The van der Waals surface area contributed by atoms with Gasteiger partial charge in [0.1, 0.15) is 17.5 Å². The zero-order valence-electron chi connectivity index (χ0n) is 11.4. The van der Waals surface area contributed by atoms with Crippen LogP contribution >= 0.6 is 0 Å². The van der Waals surface area contributed by atoms with Crippen LogP contribution in [0, 0.1) is 29.1 Å². The molecule has 4 fully saturated rings. The molecule has 4 heteroatoms. The SMILES string of the molecule is Cn1nc(C23CC4CC(CC(C4)C2)C3)c(C#N)c1N. The first-order valence-electron chi connectivity index (χ1n) is 7.34. The van der Waals surface area contributed by atoms with E-state index in [1.54, 1.807) is 4.68 Å². The van der Waals surface area contributed by atoms with Gasteiger partial charge in [-0.15, -0.1) is 0 Å².